The highest BCUT2D eigenvalue weighted by molar-refractivity contribution is 7.46. The molecule has 0 radical (unpaired) electrons. The summed E-state index contributed by atoms with van der Waals surface area (Å²) in [5.41, 5.74) is 5.85. The lowest BCUT2D eigenvalue weighted by Crippen LogP contribution is -2.61. The number of aryl methyl sites for hydroxylation is 1. The number of carbonyl (C=O) groups excluding carboxylic acids is 6. The summed E-state index contributed by atoms with van der Waals surface area (Å²) in [4.78, 5) is 102. The van der Waals surface area contributed by atoms with Crippen LogP contribution in [0, 0.1) is 5.92 Å². The average molecular weight is 757 g/mol. The number of phosphoric acid groups is 1. The minimum absolute atomic E-state index is 0.0783. The quantitative estimate of drug-likeness (QED) is 0.0392. The van der Waals surface area contributed by atoms with Crippen LogP contribution < -0.4 is 27.0 Å². The average Bonchev–Trinajstić information content (AvgIpc) is 3.72. The Hall–Kier alpha value is -4.16. The van der Waals surface area contributed by atoms with Gasteiger partial charge >= 0.3 is 7.82 Å². The van der Waals surface area contributed by atoms with E-state index in [0.29, 0.717) is 31.6 Å². The van der Waals surface area contributed by atoms with Crippen LogP contribution in [-0.4, -0.2) is 114 Å². The Bertz CT molecular complexity index is 1470. The van der Waals surface area contributed by atoms with Gasteiger partial charge in [-0.1, -0.05) is 19.9 Å². The first-order valence-corrected chi connectivity index (χ1v) is 18.6. The SMILES string of the molecule is C=CCCCCn1cncc1C[C@H](NC(=O)[C@H](CC(C)C)NC(=O)C1CCCN1C(C)=O)C(=O)N[C@@H](CO)C(=O)N[C@H](C(N)=O)[C@@H](C)OP(=O)(O)O. The minimum Gasteiger partial charge on any atom is -0.394 e. The number of aliphatic hydroxyl groups excluding tert-OH is 1. The fraction of sp³-hybridized carbons (Fsp3) is 0.656. The van der Waals surface area contributed by atoms with Crippen molar-refractivity contribution < 1.29 is 52.7 Å². The van der Waals surface area contributed by atoms with Crippen LogP contribution in [0.1, 0.15) is 71.9 Å². The molecule has 1 aliphatic rings. The fourth-order valence-electron chi connectivity index (χ4n) is 5.79. The molecule has 292 valence electrons. The van der Waals surface area contributed by atoms with E-state index in [0.717, 1.165) is 26.2 Å². The third-order valence-electron chi connectivity index (χ3n) is 8.39. The Morgan fingerprint density at radius 2 is 1.67 bits per heavy atom. The molecule has 1 aliphatic heterocycles. The van der Waals surface area contributed by atoms with Crippen molar-refractivity contribution in [1.82, 2.24) is 35.7 Å². The van der Waals surface area contributed by atoms with Gasteiger partial charge < -0.3 is 51.4 Å². The summed E-state index contributed by atoms with van der Waals surface area (Å²) >= 11 is 0. The van der Waals surface area contributed by atoms with Gasteiger partial charge in [0, 0.05) is 38.3 Å². The summed E-state index contributed by atoms with van der Waals surface area (Å²) < 4.78 is 17.6. The number of aromatic nitrogens is 2. The Kier molecular flexibility index (Phi) is 17.6. The molecular weight excluding hydrogens is 703 g/mol. The number of amides is 6. The molecule has 1 aromatic heterocycles. The van der Waals surface area contributed by atoms with Gasteiger partial charge in [0.05, 0.1) is 19.0 Å². The molecule has 6 atom stereocenters. The Morgan fingerprint density at radius 1 is 1.04 bits per heavy atom. The van der Waals surface area contributed by atoms with Crippen molar-refractivity contribution in [3.8, 4) is 0 Å². The molecule has 1 fully saturated rings. The topological polar surface area (TPSA) is 285 Å². The number of carbonyl (C=O) groups is 6. The van der Waals surface area contributed by atoms with Gasteiger partial charge in [0.15, 0.2) is 0 Å². The molecular formula is C32H53N8O11P. The zero-order chi connectivity index (χ0) is 39.2. The maximum atomic E-state index is 13.8. The number of unbranched alkanes of at least 4 members (excludes halogenated alkanes) is 2. The number of aliphatic hydroxyl groups is 1. The van der Waals surface area contributed by atoms with Crippen LogP contribution in [-0.2, 0) is 50.8 Å². The molecule has 0 saturated carbocycles. The number of hydrogen-bond acceptors (Lipinski definition) is 10. The van der Waals surface area contributed by atoms with Crippen molar-refractivity contribution >= 4 is 43.3 Å². The van der Waals surface area contributed by atoms with E-state index in [-0.39, 0.29) is 24.7 Å². The smallest absolute Gasteiger partial charge is 0.394 e. The van der Waals surface area contributed by atoms with Crippen LogP contribution in [0.4, 0.5) is 0 Å². The minimum atomic E-state index is -5.10. The molecule has 1 aromatic rings. The first kappa shape index (κ1) is 44.0. The number of hydrogen-bond donors (Lipinski definition) is 8. The highest BCUT2D eigenvalue weighted by Gasteiger charge is 2.37. The molecule has 2 rings (SSSR count). The molecule has 2 heterocycles. The molecule has 0 bridgehead atoms. The summed E-state index contributed by atoms with van der Waals surface area (Å²) in [6.45, 7) is 9.80. The van der Waals surface area contributed by atoms with Crippen LogP contribution in [0.25, 0.3) is 0 Å². The summed E-state index contributed by atoms with van der Waals surface area (Å²) in [5.74, 6) is -4.86. The summed E-state index contributed by atoms with van der Waals surface area (Å²) in [6, 6.07) is -6.72. The number of nitrogens with zero attached hydrogens (tertiary/aromatic N) is 3. The number of rotatable bonds is 22. The highest BCUT2D eigenvalue weighted by Crippen LogP contribution is 2.38. The van der Waals surface area contributed by atoms with Gasteiger partial charge in [0.25, 0.3) is 0 Å². The van der Waals surface area contributed by atoms with Crippen molar-refractivity contribution in [2.45, 2.75) is 115 Å². The lowest BCUT2D eigenvalue weighted by Gasteiger charge is -2.28. The molecule has 20 heteroatoms. The molecule has 6 amide bonds. The second-order valence-electron chi connectivity index (χ2n) is 13.1. The van der Waals surface area contributed by atoms with Crippen molar-refractivity contribution in [2.75, 3.05) is 13.2 Å². The molecule has 9 N–H and O–H groups in total. The zero-order valence-electron chi connectivity index (χ0n) is 30.0. The Labute approximate surface area is 302 Å². The van der Waals surface area contributed by atoms with Gasteiger partial charge in [-0.2, -0.15) is 0 Å². The largest absolute Gasteiger partial charge is 0.469 e. The van der Waals surface area contributed by atoms with Crippen molar-refractivity contribution in [2.24, 2.45) is 11.7 Å². The maximum absolute atomic E-state index is 13.8. The van der Waals surface area contributed by atoms with Gasteiger partial charge in [-0.3, -0.25) is 33.3 Å². The number of allylic oxidation sites excluding steroid dienone is 1. The van der Waals surface area contributed by atoms with E-state index in [1.807, 2.05) is 13.8 Å². The Balaban J connectivity index is 2.36. The first-order chi connectivity index (χ1) is 24.4. The predicted molar refractivity (Wildman–Crippen MR) is 186 cm³/mol. The van der Waals surface area contributed by atoms with Gasteiger partial charge in [0.2, 0.25) is 35.4 Å². The van der Waals surface area contributed by atoms with Crippen molar-refractivity contribution in [1.29, 1.82) is 0 Å². The second kappa shape index (κ2) is 20.8. The molecule has 0 aliphatic carbocycles. The van der Waals surface area contributed by atoms with Crippen LogP contribution >= 0.6 is 7.82 Å². The van der Waals surface area contributed by atoms with Gasteiger partial charge in [0.1, 0.15) is 30.2 Å². The van der Waals surface area contributed by atoms with E-state index in [9.17, 15) is 38.4 Å². The molecule has 19 nitrogen and oxygen atoms in total. The van der Waals surface area contributed by atoms with Crippen LogP contribution in [0.15, 0.2) is 25.2 Å². The van der Waals surface area contributed by atoms with Gasteiger partial charge in [-0.15, -0.1) is 6.58 Å². The van der Waals surface area contributed by atoms with E-state index in [1.54, 1.807) is 17.0 Å². The Morgan fingerprint density at radius 3 is 2.25 bits per heavy atom. The van der Waals surface area contributed by atoms with Crippen LogP contribution in [0.5, 0.6) is 0 Å². The van der Waals surface area contributed by atoms with E-state index in [4.69, 9.17) is 15.5 Å². The standard InChI is InChI=1S/C32H53N8O11P/c1-6-7-8-9-12-39-18-34-16-22(39)15-24(30(45)37-25(17-41)31(46)38-27(28(33)43)20(4)51-52(48,49)50)35-29(44)23(14-19(2)3)36-32(47)26-11-10-13-40(26)21(5)42/h6,16,18-20,23-27,41H,1,7-15,17H2,2-5H3,(H2,33,43)(H,35,44)(H,36,47)(H,37,45)(H,38,46)(H2,48,49,50)/t20-,23+,24+,25+,26?,27+/m1/s1. The van der Waals surface area contributed by atoms with E-state index >= 15 is 0 Å². The van der Waals surface area contributed by atoms with Crippen molar-refractivity contribution in [3.05, 3.63) is 30.9 Å². The summed E-state index contributed by atoms with van der Waals surface area (Å²) in [7, 11) is -5.10. The second-order valence-corrected chi connectivity index (χ2v) is 14.3. The molecule has 1 saturated heterocycles. The number of imidazole rings is 1. The molecule has 1 unspecified atom stereocenters. The van der Waals surface area contributed by atoms with Crippen LogP contribution in [0.3, 0.4) is 0 Å². The van der Waals surface area contributed by atoms with E-state index < -0.39 is 80.3 Å². The third kappa shape index (κ3) is 14.1. The first-order valence-electron chi connectivity index (χ1n) is 17.1. The van der Waals surface area contributed by atoms with E-state index in [1.165, 1.54) is 18.0 Å². The molecule has 0 aromatic carbocycles. The van der Waals surface area contributed by atoms with Gasteiger partial charge in [-0.25, -0.2) is 9.55 Å². The molecule has 0 spiro atoms. The lowest BCUT2D eigenvalue weighted by atomic mass is 10.0. The highest BCUT2D eigenvalue weighted by atomic mass is 31.2. The van der Waals surface area contributed by atoms with Gasteiger partial charge in [-0.05, 0) is 51.4 Å². The zero-order valence-corrected chi connectivity index (χ0v) is 30.9. The number of nitrogens with one attached hydrogen (secondary N) is 4. The van der Waals surface area contributed by atoms with Crippen LogP contribution in [0.2, 0.25) is 0 Å². The third-order valence-corrected chi connectivity index (χ3v) is 9.00. The number of nitrogens with two attached hydrogens (primary N) is 1. The normalized spacial score (nSPS) is 17.4. The molecule has 52 heavy (non-hydrogen) atoms. The van der Waals surface area contributed by atoms with Crippen molar-refractivity contribution in [3.63, 3.8) is 0 Å². The fourth-order valence-corrected chi connectivity index (χ4v) is 6.34. The summed E-state index contributed by atoms with van der Waals surface area (Å²) in [6.07, 6.45) is 6.79. The maximum Gasteiger partial charge on any atom is 0.469 e. The predicted octanol–water partition coefficient (Wildman–Crippen LogP) is -1.25. The van der Waals surface area contributed by atoms with E-state index in [2.05, 4.69) is 37.4 Å². The monoisotopic (exact) mass is 756 g/mol. The number of likely N-dealkylation sites (tertiary alicyclic amines) is 1. The lowest BCUT2D eigenvalue weighted by molar-refractivity contribution is -0.139. The number of primary amides is 1. The summed E-state index contributed by atoms with van der Waals surface area (Å²) in [5, 5.41) is 19.9. The number of phosphoric ester groups is 1.